The maximum Gasteiger partial charge on any atom is 0.326 e. The van der Waals surface area contributed by atoms with Crippen molar-refractivity contribution < 1.29 is 19.8 Å². The summed E-state index contributed by atoms with van der Waals surface area (Å²) in [4.78, 5) is 24.5. The van der Waals surface area contributed by atoms with Gasteiger partial charge in [-0.25, -0.2) is 4.79 Å². The number of nitrogens with zero attached hydrogens (tertiary/aromatic N) is 1. The van der Waals surface area contributed by atoms with Crippen molar-refractivity contribution in [1.29, 1.82) is 0 Å². The van der Waals surface area contributed by atoms with Crippen LogP contribution < -0.4 is 5.73 Å². The molecule has 2 atom stereocenters. The maximum absolute atomic E-state index is 12.3. The number of hydrogen-bond acceptors (Lipinski definition) is 4. The molecule has 108 valence electrons. The van der Waals surface area contributed by atoms with E-state index in [1.165, 1.54) is 12.1 Å². The number of nitrogen functional groups attached to an aromatic ring is 1. The number of aliphatic carboxylic acids is 1. The van der Waals surface area contributed by atoms with E-state index in [-0.39, 0.29) is 34.3 Å². The Balaban J connectivity index is 2.33. The Morgan fingerprint density at radius 1 is 1.30 bits per heavy atom. The molecule has 0 aromatic heterocycles. The molecule has 1 unspecified atom stereocenters. The van der Waals surface area contributed by atoms with Gasteiger partial charge in [-0.15, -0.1) is 0 Å². The molecule has 1 fully saturated rings. The molecular formula is C12H12Cl2N2O4. The van der Waals surface area contributed by atoms with E-state index in [4.69, 9.17) is 34.0 Å². The van der Waals surface area contributed by atoms with Gasteiger partial charge in [-0.05, 0) is 12.1 Å². The third-order valence-corrected chi connectivity index (χ3v) is 3.78. The molecule has 0 saturated carbocycles. The van der Waals surface area contributed by atoms with Gasteiger partial charge in [0.2, 0.25) is 0 Å². The van der Waals surface area contributed by atoms with Crippen LogP contribution in [0.4, 0.5) is 5.69 Å². The van der Waals surface area contributed by atoms with Crippen LogP contribution in [0.1, 0.15) is 16.8 Å². The summed E-state index contributed by atoms with van der Waals surface area (Å²) < 4.78 is 0. The normalized spacial score (nSPS) is 22.1. The zero-order valence-corrected chi connectivity index (χ0v) is 11.7. The Kier molecular flexibility index (Phi) is 4.08. The van der Waals surface area contributed by atoms with Crippen molar-refractivity contribution in [3.05, 3.63) is 27.7 Å². The van der Waals surface area contributed by atoms with Crippen molar-refractivity contribution in [2.45, 2.75) is 18.6 Å². The zero-order valence-electron chi connectivity index (χ0n) is 10.2. The number of carbonyl (C=O) groups excluding carboxylic acids is 1. The highest BCUT2D eigenvalue weighted by molar-refractivity contribution is 6.39. The van der Waals surface area contributed by atoms with Crippen molar-refractivity contribution in [3.8, 4) is 0 Å². The van der Waals surface area contributed by atoms with Crippen LogP contribution in [-0.2, 0) is 4.79 Å². The van der Waals surface area contributed by atoms with Crippen LogP contribution in [0.2, 0.25) is 10.0 Å². The summed E-state index contributed by atoms with van der Waals surface area (Å²) >= 11 is 11.7. The molecule has 0 bridgehead atoms. The number of rotatable bonds is 2. The average molecular weight is 319 g/mol. The molecule has 1 aliphatic heterocycles. The lowest BCUT2D eigenvalue weighted by Crippen LogP contribution is -2.40. The summed E-state index contributed by atoms with van der Waals surface area (Å²) in [5, 5.41) is 18.8. The van der Waals surface area contributed by atoms with Crippen LogP contribution in [-0.4, -0.2) is 45.7 Å². The molecule has 0 spiro atoms. The van der Waals surface area contributed by atoms with E-state index < -0.39 is 24.0 Å². The van der Waals surface area contributed by atoms with E-state index >= 15 is 0 Å². The zero-order chi connectivity index (χ0) is 15.0. The minimum atomic E-state index is -1.16. The first-order chi connectivity index (χ1) is 9.31. The number of benzene rings is 1. The summed E-state index contributed by atoms with van der Waals surface area (Å²) in [5.74, 6) is -1.72. The number of carboxylic acid groups (broad SMARTS) is 1. The third kappa shape index (κ3) is 2.67. The molecule has 0 aliphatic carbocycles. The molecule has 1 heterocycles. The van der Waals surface area contributed by atoms with Gasteiger partial charge < -0.3 is 20.8 Å². The van der Waals surface area contributed by atoms with Gasteiger partial charge in [0.15, 0.2) is 0 Å². The van der Waals surface area contributed by atoms with Gasteiger partial charge in [0, 0.05) is 18.5 Å². The summed E-state index contributed by atoms with van der Waals surface area (Å²) in [6.07, 6.45) is -0.864. The molecule has 8 heteroatoms. The number of halogens is 2. The lowest BCUT2D eigenvalue weighted by molar-refractivity contribution is -0.141. The van der Waals surface area contributed by atoms with Gasteiger partial charge in [-0.2, -0.15) is 0 Å². The van der Waals surface area contributed by atoms with Crippen LogP contribution in [0.15, 0.2) is 12.1 Å². The first kappa shape index (κ1) is 14.9. The number of amides is 1. The summed E-state index contributed by atoms with van der Waals surface area (Å²) in [7, 11) is 0. The van der Waals surface area contributed by atoms with Gasteiger partial charge in [0.1, 0.15) is 6.04 Å². The molecule has 2 rings (SSSR count). The van der Waals surface area contributed by atoms with Crippen molar-refractivity contribution in [1.82, 2.24) is 4.90 Å². The second-order valence-electron chi connectivity index (χ2n) is 4.55. The quantitative estimate of drug-likeness (QED) is 0.712. The summed E-state index contributed by atoms with van der Waals surface area (Å²) in [6.45, 7) is -0.0462. The predicted octanol–water partition coefficient (Wildman–Crippen LogP) is 1.24. The molecule has 6 nitrogen and oxygen atoms in total. The van der Waals surface area contributed by atoms with E-state index in [2.05, 4.69) is 0 Å². The van der Waals surface area contributed by atoms with Gasteiger partial charge in [0.05, 0.1) is 21.8 Å². The van der Waals surface area contributed by atoms with Crippen molar-refractivity contribution in [2.24, 2.45) is 0 Å². The van der Waals surface area contributed by atoms with E-state index in [0.29, 0.717) is 0 Å². The standard InChI is InChI=1S/C12H12Cl2N2O4/c13-7-1-5(2-8(14)10(7)15)11(18)16-4-6(17)3-9(16)12(19)20/h1-2,6,9,17H,3-4,15H2,(H,19,20)/t6?,9-/m0/s1. The number of aliphatic hydroxyl groups excluding tert-OH is 1. The minimum absolute atomic E-state index is 0.00247. The van der Waals surface area contributed by atoms with Gasteiger partial charge in [-0.3, -0.25) is 4.79 Å². The molecule has 20 heavy (non-hydrogen) atoms. The average Bonchev–Trinajstić information content (AvgIpc) is 2.76. The van der Waals surface area contributed by atoms with Crippen LogP contribution in [0.3, 0.4) is 0 Å². The van der Waals surface area contributed by atoms with E-state index in [1.54, 1.807) is 0 Å². The van der Waals surface area contributed by atoms with Crippen molar-refractivity contribution in [3.63, 3.8) is 0 Å². The Bertz CT molecular complexity index is 556. The summed E-state index contributed by atoms with van der Waals surface area (Å²) in [6, 6.07) is 1.59. The SMILES string of the molecule is Nc1c(Cl)cc(C(=O)N2CC(O)C[C@H]2C(=O)O)cc1Cl. The first-order valence-corrected chi connectivity index (χ1v) is 6.53. The van der Waals surface area contributed by atoms with Crippen molar-refractivity contribution in [2.75, 3.05) is 12.3 Å². The molecule has 1 aromatic rings. The molecule has 1 saturated heterocycles. The molecule has 1 aromatic carbocycles. The first-order valence-electron chi connectivity index (χ1n) is 5.77. The van der Waals surface area contributed by atoms with E-state index in [9.17, 15) is 14.7 Å². The second kappa shape index (κ2) is 5.47. The van der Waals surface area contributed by atoms with E-state index in [1.807, 2.05) is 0 Å². The lowest BCUT2D eigenvalue weighted by atomic mass is 10.1. The maximum atomic E-state index is 12.3. The Hall–Kier alpha value is -1.50. The Labute approximate surface area is 124 Å². The van der Waals surface area contributed by atoms with Gasteiger partial charge in [0.25, 0.3) is 5.91 Å². The monoisotopic (exact) mass is 318 g/mol. The van der Waals surface area contributed by atoms with Crippen LogP contribution in [0, 0.1) is 0 Å². The number of β-amino-alcohol motifs (C(OH)–C–C–N with tert-alkyl or cyclic N) is 1. The fourth-order valence-corrected chi connectivity index (χ4v) is 2.63. The lowest BCUT2D eigenvalue weighted by Gasteiger charge is -2.21. The predicted molar refractivity (Wildman–Crippen MR) is 74.0 cm³/mol. The van der Waals surface area contributed by atoms with Gasteiger partial charge >= 0.3 is 5.97 Å². The highest BCUT2D eigenvalue weighted by Crippen LogP contribution is 2.30. The molecule has 4 N–H and O–H groups in total. The topological polar surface area (TPSA) is 104 Å². The number of hydrogen-bond donors (Lipinski definition) is 3. The van der Waals surface area contributed by atoms with E-state index in [0.717, 1.165) is 4.90 Å². The minimum Gasteiger partial charge on any atom is -0.480 e. The van der Waals surface area contributed by atoms with Crippen LogP contribution >= 0.6 is 23.2 Å². The molecular weight excluding hydrogens is 307 g/mol. The smallest absolute Gasteiger partial charge is 0.326 e. The summed E-state index contributed by atoms with van der Waals surface area (Å²) in [5.41, 5.74) is 5.87. The number of carbonyl (C=O) groups is 2. The number of anilines is 1. The van der Waals surface area contributed by atoms with Crippen molar-refractivity contribution >= 4 is 40.8 Å². The molecule has 1 amide bonds. The number of likely N-dealkylation sites (tertiary alicyclic amines) is 1. The Morgan fingerprint density at radius 3 is 2.35 bits per heavy atom. The molecule has 1 aliphatic rings. The third-order valence-electron chi connectivity index (χ3n) is 3.15. The highest BCUT2D eigenvalue weighted by Gasteiger charge is 2.39. The molecule has 0 radical (unpaired) electrons. The number of carboxylic acids is 1. The highest BCUT2D eigenvalue weighted by atomic mass is 35.5. The number of nitrogens with two attached hydrogens (primary N) is 1. The fourth-order valence-electron chi connectivity index (χ4n) is 2.15. The Morgan fingerprint density at radius 2 is 1.85 bits per heavy atom. The fraction of sp³-hybridized carbons (Fsp3) is 0.333. The van der Waals surface area contributed by atoms with Crippen LogP contribution in [0.25, 0.3) is 0 Å². The van der Waals surface area contributed by atoms with Gasteiger partial charge in [-0.1, -0.05) is 23.2 Å². The largest absolute Gasteiger partial charge is 0.480 e. The van der Waals surface area contributed by atoms with Crippen LogP contribution in [0.5, 0.6) is 0 Å². The number of aliphatic hydroxyl groups is 1. The second-order valence-corrected chi connectivity index (χ2v) is 5.37.